The molecule has 20 heavy (non-hydrogen) atoms. The molecular formula is C15H16ClN3S. The van der Waals surface area contributed by atoms with Crippen molar-refractivity contribution in [3.8, 4) is 0 Å². The molecule has 5 heteroatoms. The number of hydrogen-bond acceptors (Lipinski definition) is 3. The first-order valence-electron chi connectivity index (χ1n) is 6.67. The number of fused-ring (bicyclic) bond motifs is 1. The van der Waals surface area contributed by atoms with E-state index < -0.39 is 0 Å². The SMILES string of the molecule is CCC(c1cccs1)n1c(CCl)nc2cc(C)cnc21. The lowest BCUT2D eigenvalue weighted by Crippen LogP contribution is -2.12. The molecule has 1 atom stereocenters. The zero-order valence-electron chi connectivity index (χ0n) is 11.5. The van der Waals surface area contributed by atoms with E-state index in [-0.39, 0.29) is 6.04 Å². The van der Waals surface area contributed by atoms with Crippen LogP contribution in [0.3, 0.4) is 0 Å². The zero-order valence-corrected chi connectivity index (χ0v) is 13.1. The van der Waals surface area contributed by atoms with E-state index in [0.29, 0.717) is 5.88 Å². The first-order chi connectivity index (χ1) is 9.74. The topological polar surface area (TPSA) is 30.7 Å². The molecule has 0 aliphatic carbocycles. The molecule has 0 aliphatic rings. The number of aromatic nitrogens is 3. The van der Waals surface area contributed by atoms with Crippen LogP contribution in [-0.2, 0) is 5.88 Å². The maximum absolute atomic E-state index is 6.10. The number of aryl methyl sites for hydroxylation is 1. The largest absolute Gasteiger partial charge is 0.303 e. The van der Waals surface area contributed by atoms with Gasteiger partial charge in [-0.1, -0.05) is 13.0 Å². The molecule has 104 valence electrons. The van der Waals surface area contributed by atoms with Gasteiger partial charge in [-0.15, -0.1) is 22.9 Å². The molecule has 3 aromatic rings. The van der Waals surface area contributed by atoms with Crippen LogP contribution in [0.25, 0.3) is 11.2 Å². The van der Waals surface area contributed by atoms with Crippen LogP contribution >= 0.6 is 22.9 Å². The van der Waals surface area contributed by atoms with Crippen molar-refractivity contribution in [3.05, 3.63) is 46.0 Å². The summed E-state index contributed by atoms with van der Waals surface area (Å²) in [5, 5.41) is 2.11. The summed E-state index contributed by atoms with van der Waals surface area (Å²) in [5.74, 6) is 1.29. The minimum atomic E-state index is 0.254. The highest BCUT2D eigenvalue weighted by Gasteiger charge is 2.20. The highest BCUT2D eigenvalue weighted by molar-refractivity contribution is 7.10. The number of rotatable bonds is 4. The molecule has 0 radical (unpaired) electrons. The van der Waals surface area contributed by atoms with E-state index in [1.807, 2.05) is 13.1 Å². The molecule has 3 heterocycles. The Morgan fingerprint density at radius 2 is 2.30 bits per heavy atom. The van der Waals surface area contributed by atoms with Gasteiger partial charge in [-0.2, -0.15) is 0 Å². The molecule has 0 saturated carbocycles. The Hall–Kier alpha value is -1.39. The third-order valence-corrected chi connectivity index (χ3v) is 4.64. The molecule has 0 amide bonds. The summed E-state index contributed by atoms with van der Waals surface area (Å²) in [6.45, 7) is 4.21. The summed E-state index contributed by atoms with van der Waals surface area (Å²) in [6, 6.07) is 6.57. The summed E-state index contributed by atoms with van der Waals surface area (Å²) in [5.41, 5.74) is 2.97. The average molecular weight is 306 g/mol. The van der Waals surface area contributed by atoms with E-state index in [4.69, 9.17) is 11.6 Å². The van der Waals surface area contributed by atoms with Gasteiger partial charge in [0.2, 0.25) is 0 Å². The number of pyridine rings is 1. The fraction of sp³-hybridized carbons (Fsp3) is 0.333. The predicted molar refractivity (Wildman–Crippen MR) is 84.6 cm³/mol. The Morgan fingerprint density at radius 3 is 2.95 bits per heavy atom. The Morgan fingerprint density at radius 1 is 1.45 bits per heavy atom. The lowest BCUT2D eigenvalue weighted by atomic mass is 10.2. The fourth-order valence-corrected chi connectivity index (χ4v) is 3.63. The van der Waals surface area contributed by atoms with Crippen molar-refractivity contribution >= 4 is 34.1 Å². The van der Waals surface area contributed by atoms with Gasteiger partial charge in [0.15, 0.2) is 5.65 Å². The van der Waals surface area contributed by atoms with Crippen LogP contribution in [0, 0.1) is 6.92 Å². The van der Waals surface area contributed by atoms with Gasteiger partial charge in [0.1, 0.15) is 11.3 Å². The molecule has 0 fully saturated rings. The van der Waals surface area contributed by atoms with Gasteiger partial charge in [-0.3, -0.25) is 0 Å². The summed E-state index contributed by atoms with van der Waals surface area (Å²) in [7, 11) is 0. The van der Waals surface area contributed by atoms with E-state index in [1.165, 1.54) is 4.88 Å². The Bertz CT molecular complexity index is 718. The quantitative estimate of drug-likeness (QED) is 0.663. The number of nitrogens with zero attached hydrogens (tertiary/aromatic N) is 3. The van der Waals surface area contributed by atoms with E-state index in [0.717, 1.165) is 29.0 Å². The molecule has 0 N–H and O–H groups in total. The van der Waals surface area contributed by atoms with Crippen LogP contribution in [0.15, 0.2) is 29.8 Å². The molecule has 0 saturated heterocycles. The second kappa shape index (κ2) is 5.54. The Balaban J connectivity index is 2.22. The highest BCUT2D eigenvalue weighted by atomic mass is 35.5. The van der Waals surface area contributed by atoms with Gasteiger partial charge in [0.05, 0.1) is 11.9 Å². The molecule has 3 nitrogen and oxygen atoms in total. The maximum atomic E-state index is 6.10. The summed E-state index contributed by atoms with van der Waals surface area (Å²) < 4.78 is 2.19. The van der Waals surface area contributed by atoms with E-state index in [9.17, 15) is 0 Å². The molecule has 0 aliphatic heterocycles. The standard InChI is InChI=1S/C15H16ClN3S/c1-3-12(13-5-4-6-20-13)19-14(8-16)18-11-7-10(2)9-17-15(11)19/h4-7,9,12H,3,8H2,1-2H3. The monoisotopic (exact) mass is 305 g/mol. The van der Waals surface area contributed by atoms with Crippen LogP contribution < -0.4 is 0 Å². The Labute approximate surface area is 127 Å². The van der Waals surface area contributed by atoms with Crippen LogP contribution in [0.4, 0.5) is 0 Å². The number of thiophene rings is 1. The van der Waals surface area contributed by atoms with Gasteiger partial charge in [-0.05, 0) is 36.4 Å². The third kappa shape index (κ3) is 2.23. The molecule has 1 unspecified atom stereocenters. The highest BCUT2D eigenvalue weighted by Crippen LogP contribution is 2.31. The van der Waals surface area contributed by atoms with E-state index in [2.05, 4.69) is 45.0 Å². The molecule has 3 aromatic heterocycles. The normalized spacial score (nSPS) is 12.9. The lowest BCUT2D eigenvalue weighted by molar-refractivity contribution is 0.570. The average Bonchev–Trinajstić information content (AvgIpc) is 3.08. The minimum absolute atomic E-state index is 0.254. The summed E-state index contributed by atoms with van der Waals surface area (Å²) >= 11 is 7.86. The predicted octanol–water partition coefficient (Wildman–Crippen LogP) is 4.54. The van der Waals surface area contributed by atoms with Gasteiger partial charge in [0, 0.05) is 11.1 Å². The maximum Gasteiger partial charge on any atom is 0.160 e. The molecule has 0 bridgehead atoms. The second-order valence-corrected chi connectivity index (χ2v) is 6.07. The summed E-state index contributed by atoms with van der Waals surface area (Å²) in [6.07, 6.45) is 2.88. The van der Waals surface area contributed by atoms with Crippen LogP contribution in [0.5, 0.6) is 0 Å². The number of imidazole rings is 1. The first-order valence-corrected chi connectivity index (χ1v) is 8.08. The zero-order chi connectivity index (χ0) is 14.1. The van der Waals surface area contributed by atoms with Crippen LogP contribution in [0.2, 0.25) is 0 Å². The minimum Gasteiger partial charge on any atom is -0.303 e. The summed E-state index contributed by atoms with van der Waals surface area (Å²) in [4.78, 5) is 10.5. The number of halogens is 1. The van der Waals surface area contributed by atoms with Crippen LogP contribution in [0.1, 0.15) is 35.7 Å². The van der Waals surface area contributed by atoms with Gasteiger partial charge in [0.25, 0.3) is 0 Å². The first kappa shape index (κ1) is 13.6. The lowest BCUT2D eigenvalue weighted by Gasteiger charge is -2.18. The van der Waals surface area contributed by atoms with Crippen molar-refractivity contribution in [2.45, 2.75) is 32.2 Å². The number of alkyl halides is 1. The van der Waals surface area contributed by atoms with Crippen molar-refractivity contribution in [1.82, 2.24) is 14.5 Å². The van der Waals surface area contributed by atoms with Crippen molar-refractivity contribution < 1.29 is 0 Å². The van der Waals surface area contributed by atoms with Crippen molar-refractivity contribution in [2.75, 3.05) is 0 Å². The molecule has 0 spiro atoms. The van der Waals surface area contributed by atoms with Gasteiger partial charge < -0.3 is 4.57 Å². The Kier molecular flexibility index (Phi) is 3.76. The van der Waals surface area contributed by atoms with E-state index in [1.54, 1.807) is 11.3 Å². The van der Waals surface area contributed by atoms with Crippen LogP contribution in [-0.4, -0.2) is 14.5 Å². The van der Waals surface area contributed by atoms with Crippen molar-refractivity contribution in [3.63, 3.8) is 0 Å². The molecule has 0 aromatic carbocycles. The van der Waals surface area contributed by atoms with Gasteiger partial charge >= 0.3 is 0 Å². The molecular weight excluding hydrogens is 290 g/mol. The van der Waals surface area contributed by atoms with Crippen molar-refractivity contribution in [2.24, 2.45) is 0 Å². The van der Waals surface area contributed by atoms with E-state index >= 15 is 0 Å². The van der Waals surface area contributed by atoms with Crippen molar-refractivity contribution in [1.29, 1.82) is 0 Å². The third-order valence-electron chi connectivity index (χ3n) is 3.43. The van der Waals surface area contributed by atoms with Gasteiger partial charge in [-0.25, -0.2) is 9.97 Å². The molecule has 3 rings (SSSR count). The fourth-order valence-electron chi connectivity index (χ4n) is 2.54. The second-order valence-electron chi connectivity index (χ2n) is 4.83. The number of hydrogen-bond donors (Lipinski definition) is 0. The smallest absolute Gasteiger partial charge is 0.160 e.